The molecule has 0 saturated carbocycles. The second-order valence-electron chi connectivity index (χ2n) is 8.76. The van der Waals surface area contributed by atoms with Crippen molar-refractivity contribution in [1.82, 2.24) is 20.7 Å². The molecule has 0 aromatic heterocycles. The Kier molecular flexibility index (Phi) is 5.87. The smallest absolute Gasteiger partial charge is 0.344 e. The van der Waals surface area contributed by atoms with Gasteiger partial charge in [-0.3, -0.25) is 19.9 Å². The van der Waals surface area contributed by atoms with Crippen molar-refractivity contribution >= 4 is 17.8 Å². The average Bonchev–Trinajstić information content (AvgIpc) is 3.42. The third-order valence-electron chi connectivity index (χ3n) is 6.79. The van der Waals surface area contributed by atoms with Crippen LogP contribution in [0.4, 0.5) is 4.79 Å². The van der Waals surface area contributed by atoms with Crippen LogP contribution in [-0.4, -0.2) is 54.1 Å². The van der Waals surface area contributed by atoms with Crippen molar-refractivity contribution in [3.05, 3.63) is 59.7 Å². The van der Waals surface area contributed by atoms with E-state index in [2.05, 4.69) is 15.6 Å². The largest absolute Gasteiger partial charge is 0.486 e. The Morgan fingerprint density at radius 3 is 2.65 bits per heavy atom. The van der Waals surface area contributed by atoms with Crippen LogP contribution < -0.4 is 20.2 Å². The first-order chi connectivity index (χ1) is 16.5. The molecule has 2 saturated heterocycles. The van der Waals surface area contributed by atoms with Gasteiger partial charge in [0.25, 0.3) is 11.8 Å². The second-order valence-corrected chi connectivity index (χ2v) is 8.76. The monoisotopic (exact) mass is 464 g/mol. The molecule has 2 N–H and O–H groups in total. The number of urea groups is 1. The van der Waals surface area contributed by atoms with Crippen molar-refractivity contribution in [2.45, 2.75) is 37.8 Å². The molecule has 2 atom stereocenters. The van der Waals surface area contributed by atoms with Crippen molar-refractivity contribution in [1.29, 1.82) is 0 Å². The van der Waals surface area contributed by atoms with E-state index in [1.165, 1.54) is 0 Å². The zero-order chi connectivity index (χ0) is 23.7. The van der Waals surface area contributed by atoms with E-state index in [1.807, 2.05) is 43.3 Å². The van der Waals surface area contributed by atoms with Crippen molar-refractivity contribution in [2.24, 2.45) is 0 Å². The van der Waals surface area contributed by atoms with E-state index in [1.54, 1.807) is 12.1 Å². The molecule has 2 fully saturated rings. The number of nitrogens with one attached hydrogen (secondary N) is 2. The number of carbonyl (C=O) groups excluding carboxylic acids is 3. The highest BCUT2D eigenvalue weighted by Gasteiger charge is 2.52. The molecule has 2 aromatic rings. The molecule has 4 amide bonds. The summed E-state index contributed by atoms with van der Waals surface area (Å²) in [6, 6.07) is 14.4. The number of hydrogen-bond donors (Lipinski definition) is 2. The fourth-order valence-electron chi connectivity index (χ4n) is 5.04. The van der Waals surface area contributed by atoms with Gasteiger partial charge >= 0.3 is 6.03 Å². The zero-order valence-electron chi connectivity index (χ0n) is 19.1. The summed E-state index contributed by atoms with van der Waals surface area (Å²) in [5.41, 5.74) is 3.09. The SMILES string of the molecule is CC[C@@]1(c2ccccc2)NC(=O)N(NC(=O)CN2CCC[C@H]2c2ccc3c(c2)OCCO3)C1=O. The maximum absolute atomic E-state index is 13.3. The van der Waals surface area contributed by atoms with Gasteiger partial charge in [-0.2, -0.15) is 5.01 Å². The summed E-state index contributed by atoms with van der Waals surface area (Å²) < 4.78 is 11.3. The van der Waals surface area contributed by atoms with Crippen LogP contribution >= 0.6 is 0 Å². The molecule has 0 aliphatic carbocycles. The fourth-order valence-corrected chi connectivity index (χ4v) is 5.04. The number of rotatable bonds is 6. The summed E-state index contributed by atoms with van der Waals surface area (Å²) >= 11 is 0. The summed E-state index contributed by atoms with van der Waals surface area (Å²) in [4.78, 5) is 40.9. The Hall–Kier alpha value is -3.59. The van der Waals surface area contributed by atoms with E-state index in [0.29, 0.717) is 25.2 Å². The Morgan fingerprint density at radius 2 is 1.88 bits per heavy atom. The van der Waals surface area contributed by atoms with Crippen molar-refractivity contribution < 1.29 is 23.9 Å². The van der Waals surface area contributed by atoms with Crippen molar-refractivity contribution in [3.63, 3.8) is 0 Å². The number of benzene rings is 2. The normalized spacial score (nSPS) is 24.3. The van der Waals surface area contributed by atoms with Crippen molar-refractivity contribution in [3.8, 4) is 11.5 Å². The minimum Gasteiger partial charge on any atom is -0.486 e. The Labute approximate surface area is 198 Å². The molecule has 0 bridgehead atoms. The first-order valence-corrected chi connectivity index (χ1v) is 11.7. The van der Waals surface area contributed by atoms with Gasteiger partial charge in [0.15, 0.2) is 11.5 Å². The van der Waals surface area contributed by atoms with Crippen LogP contribution in [0.5, 0.6) is 11.5 Å². The number of ether oxygens (including phenoxy) is 2. The molecule has 3 heterocycles. The lowest BCUT2D eigenvalue weighted by molar-refractivity contribution is -0.140. The minimum atomic E-state index is -1.19. The Morgan fingerprint density at radius 1 is 1.12 bits per heavy atom. The molecular weight excluding hydrogens is 436 g/mol. The zero-order valence-corrected chi connectivity index (χ0v) is 19.1. The highest BCUT2D eigenvalue weighted by molar-refractivity contribution is 6.08. The molecule has 34 heavy (non-hydrogen) atoms. The van der Waals surface area contributed by atoms with Crippen LogP contribution in [0.3, 0.4) is 0 Å². The van der Waals surface area contributed by atoms with Gasteiger partial charge in [0.05, 0.1) is 6.54 Å². The number of carbonyl (C=O) groups is 3. The number of hydrogen-bond acceptors (Lipinski definition) is 6. The highest BCUT2D eigenvalue weighted by atomic mass is 16.6. The number of amides is 4. The number of likely N-dealkylation sites (tertiary alicyclic amines) is 1. The lowest BCUT2D eigenvalue weighted by Gasteiger charge is -2.27. The van der Waals surface area contributed by atoms with E-state index in [-0.39, 0.29) is 12.6 Å². The van der Waals surface area contributed by atoms with Gasteiger partial charge in [-0.05, 0) is 49.1 Å². The Balaban J connectivity index is 1.27. The van der Waals surface area contributed by atoms with Gasteiger partial charge in [-0.15, -0.1) is 0 Å². The van der Waals surface area contributed by atoms with Crippen LogP contribution in [0.1, 0.15) is 43.4 Å². The number of hydrazine groups is 1. The maximum Gasteiger partial charge on any atom is 0.344 e. The third kappa shape index (κ3) is 3.86. The lowest BCUT2D eigenvalue weighted by atomic mass is 9.87. The highest BCUT2D eigenvalue weighted by Crippen LogP contribution is 2.38. The van der Waals surface area contributed by atoms with Crippen LogP contribution in [0.2, 0.25) is 0 Å². The molecule has 2 aromatic carbocycles. The Bertz CT molecular complexity index is 1110. The number of nitrogens with zero attached hydrogens (tertiary/aromatic N) is 2. The molecule has 178 valence electrons. The van der Waals surface area contributed by atoms with E-state index < -0.39 is 23.4 Å². The van der Waals surface area contributed by atoms with Crippen molar-refractivity contribution in [2.75, 3.05) is 26.3 Å². The molecule has 0 radical (unpaired) electrons. The van der Waals surface area contributed by atoms with E-state index in [9.17, 15) is 14.4 Å². The minimum absolute atomic E-state index is 0.0451. The molecular formula is C25H28N4O5. The summed E-state index contributed by atoms with van der Waals surface area (Å²) in [5.74, 6) is 0.558. The average molecular weight is 465 g/mol. The van der Waals surface area contributed by atoms with Crippen LogP contribution in [0.15, 0.2) is 48.5 Å². The first-order valence-electron chi connectivity index (χ1n) is 11.7. The van der Waals surface area contributed by atoms with Gasteiger partial charge in [-0.25, -0.2) is 4.79 Å². The lowest BCUT2D eigenvalue weighted by Crippen LogP contribution is -2.51. The summed E-state index contributed by atoms with van der Waals surface area (Å²) in [7, 11) is 0. The van der Waals surface area contributed by atoms with Gasteiger partial charge in [0.2, 0.25) is 0 Å². The summed E-state index contributed by atoms with van der Waals surface area (Å²) in [6.07, 6.45) is 2.22. The quantitative estimate of drug-likeness (QED) is 0.637. The number of imide groups is 1. The van der Waals surface area contributed by atoms with Gasteiger partial charge in [0, 0.05) is 6.04 Å². The fraction of sp³-hybridized carbons (Fsp3) is 0.400. The maximum atomic E-state index is 13.3. The molecule has 3 aliphatic rings. The first kappa shape index (κ1) is 22.2. The summed E-state index contributed by atoms with van der Waals surface area (Å²) in [5, 5.41) is 3.59. The standard InChI is InChI=1S/C25H28N4O5/c1-2-25(18-7-4-3-5-8-18)23(31)29(24(32)26-25)27-22(30)16-28-12-6-9-19(28)17-10-11-20-21(15-17)34-14-13-33-20/h3-5,7-8,10-11,15,19H,2,6,9,12-14,16H2,1H3,(H,26,32)(H,27,30)/t19-,25-/m0/s1. The van der Waals surface area contributed by atoms with Gasteiger partial charge < -0.3 is 14.8 Å². The number of fused-ring (bicyclic) bond motifs is 1. The van der Waals surface area contributed by atoms with E-state index in [0.717, 1.165) is 41.5 Å². The van der Waals surface area contributed by atoms with Crippen LogP contribution in [-0.2, 0) is 15.1 Å². The van der Waals surface area contributed by atoms with Gasteiger partial charge in [0.1, 0.15) is 18.8 Å². The molecule has 5 rings (SSSR count). The molecule has 9 heteroatoms. The topological polar surface area (TPSA) is 100 Å². The second kappa shape index (κ2) is 8.98. The van der Waals surface area contributed by atoms with Crippen LogP contribution in [0.25, 0.3) is 0 Å². The molecule has 0 spiro atoms. The van der Waals surface area contributed by atoms with Gasteiger partial charge in [-0.1, -0.05) is 43.3 Å². The summed E-state index contributed by atoms with van der Waals surface area (Å²) in [6.45, 7) is 3.70. The van der Waals surface area contributed by atoms with E-state index in [4.69, 9.17) is 9.47 Å². The molecule has 0 unspecified atom stereocenters. The van der Waals surface area contributed by atoms with E-state index >= 15 is 0 Å². The molecule has 3 aliphatic heterocycles. The predicted octanol–water partition coefficient (Wildman–Crippen LogP) is 2.48. The third-order valence-corrected chi connectivity index (χ3v) is 6.79. The molecule has 9 nitrogen and oxygen atoms in total. The van der Waals surface area contributed by atoms with Crippen LogP contribution in [0, 0.1) is 0 Å². The predicted molar refractivity (Wildman–Crippen MR) is 123 cm³/mol.